The van der Waals surface area contributed by atoms with Crippen LogP contribution in [-0.2, 0) is 11.0 Å². The summed E-state index contributed by atoms with van der Waals surface area (Å²) < 4.78 is 36.5. The van der Waals surface area contributed by atoms with Gasteiger partial charge in [-0.2, -0.15) is 13.2 Å². The van der Waals surface area contributed by atoms with Crippen molar-refractivity contribution in [3.8, 4) is 0 Å². The third-order valence-corrected chi connectivity index (χ3v) is 3.23. The number of nitrogens with one attached hydrogen (secondary N) is 1. The van der Waals surface area contributed by atoms with E-state index < -0.39 is 11.2 Å². The zero-order chi connectivity index (χ0) is 11.9. The Labute approximate surface area is 92.9 Å². The number of alkyl halides is 3. The normalized spacial score (nSPS) is 24.2. The largest absolute Gasteiger partial charge is 0.445 e. The fourth-order valence-electron chi connectivity index (χ4n) is 1.27. The van der Waals surface area contributed by atoms with E-state index in [-0.39, 0.29) is 17.0 Å². The average molecular weight is 251 g/mol. The van der Waals surface area contributed by atoms with Crippen LogP contribution in [0.3, 0.4) is 0 Å². The number of hydrogen-bond acceptors (Lipinski definition) is 4. The molecule has 0 radical (unpaired) electrons. The molecule has 0 spiro atoms. The van der Waals surface area contributed by atoms with Crippen molar-refractivity contribution in [3.63, 3.8) is 0 Å². The van der Waals surface area contributed by atoms with E-state index in [4.69, 9.17) is 0 Å². The van der Waals surface area contributed by atoms with E-state index in [1.807, 2.05) is 6.92 Å². The van der Waals surface area contributed by atoms with Gasteiger partial charge in [0.25, 0.3) is 0 Å². The van der Waals surface area contributed by atoms with Gasteiger partial charge in [-0.15, -0.1) is 10.2 Å². The molecule has 0 aromatic carbocycles. The minimum absolute atomic E-state index is 0.0989. The Bertz CT molecular complexity index is 417. The van der Waals surface area contributed by atoms with Gasteiger partial charge in [-0.05, 0) is 12.3 Å². The Kier molecular flexibility index (Phi) is 2.61. The molecule has 1 aliphatic rings. The molecule has 8 heteroatoms. The molecule has 1 saturated carbocycles. The summed E-state index contributed by atoms with van der Waals surface area (Å²) in [6.07, 6.45) is -3.73. The lowest BCUT2D eigenvalue weighted by Crippen LogP contribution is -2.14. The third-order valence-electron chi connectivity index (χ3n) is 2.34. The Balaban J connectivity index is 2.00. The third kappa shape index (κ3) is 2.31. The number of rotatable bonds is 2. The van der Waals surface area contributed by atoms with Crippen LogP contribution in [0.25, 0.3) is 0 Å². The average Bonchev–Trinajstić information content (AvgIpc) is 2.71. The molecule has 88 valence electrons. The molecule has 1 fully saturated rings. The van der Waals surface area contributed by atoms with Gasteiger partial charge in [-0.1, -0.05) is 18.3 Å². The Morgan fingerprint density at radius 1 is 1.50 bits per heavy atom. The number of nitrogens with zero attached hydrogens (tertiary/aromatic N) is 2. The molecule has 1 amide bonds. The van der Waals surface area contributed by atoms with Crippen molar-refractivity contribution in [2.24, 2.45) is 11.8 Å². The molecule has 0 bridgehead atoms. The van der Waals surface area contributed by atoms with Gasteiger partial charge in [0.1, 0.15) is 0 Å². The van der Waals surface area contributed by atoms with Gasteiger partial charge in [0.05, 0.1) is 0 Å². The highest BCUT2D eigenvalue weighted by molar-refractivity contribution is 7.15. The second kappa shape index (κ2) is 3.69. The Hall–Kier alpha value is -1.18. The first-order valence-electron chi connectivity index (χ1n) is 4.59. The van der Waals surface area contributed by atoms with E-state index in [1.165, 1.54) is 0 Å². The maximum Gasteiger partial charge on any atom is 0.445 e. The highest BCUT2D eigenvalue weighted by Gasteiger charge is 2.40. The molecular formula is C8H8F3N3OS. The van der Waals surface area contributed by atoms with Crippen LogP contribution in [0, 0.1) is 11.8 Å². The van der Waals surface area contributed by atoms with E-state index in [9.17, 15) is 18.0 Å². The summed E-state index contributed by atoms with van der Waals surface area (Å²) in [5, 5.41) is 7.43. The van der Waals surface area contributed by atoms with E-state index in [0.29, 0.717) is 17.3 Å². The maximum absolute atomic E-state index is 12.2. The summed E-state index contributed by atoms with van der Waals surface area (Å²) in [5.41, 5.74) is 0. The Morgan fingerprint density at radius 3 is 2.56 bits per heavy atom. The van der Waals surface area contributed by atoms with Crippen LogP contribution in [-0.4, -0.2) is 16.1 Å². The summed E-state index contributed by atoms with van der Waals surface area (Å²) in [6, 6.07) is 0. The molecule has 1 aromatic heterocycles. The fourth-order valence-corrected chi connectivity index (χ4v) is 1.89. The molecular weight excluding hydrogens is 243 g/mol. The topological polar surface area (TPSA) is 54.9 Å². The molecule has 1 N–H and O–H groups in total. The molecule has 2 unspecified atom stereocenters. The lowest BCUT2D eigenvalue weighted by molar-refractivity contribution is -0.138. The second-order valence-electron chi connectivity index (χ2n) is 3.72. The molecule has 2 rings (SSSR count). The van der Waals surface area contributed by atoms with Crippen LogP contribution in [0.4, 0.5) is 18.3 Å². The summed E-state index contributed by atoms with van der Waals surface area (Å²) in [4.78, 5) is 11.4. The standard InChI is InChI=1S/C8H8F3N3OS/c1-3-2-4(3)5(15)12-7-14-13-6(16-7)8(9,10)11/h3-4H,2H2,1H3,(H,12,14,15). The number of hydrogen-bond donors (Lipinski definition) is 1. The molecule has 1 aliphatic carbocycles. The fraction of sp³-hybridized carbons (Fsp3) is 0.625. The van der Waals surface area contributed by atoms with Crippen LogP contribution in [0.5, 0.6) is 0 Å². The highest BCUT2D eigenvalue weighted by atomic mass is 32.1. The van der Waals surface area contributed by atoms with Crippen molar-refractivity contribution in [2.75, 3.05) is 5.32 Å². The van der Waals surface area contributed by atoms with Gasteiger partial charge in [-0.25, -0.2) is 0 Å². The van der Waals surface area contributed by atoms with Crippen LogP contribution in [0.1, 0.15) is 18.4 Å². The molecule has 1 aromatic rings. The van der Waals surface area contributed by atoms with Gasteiger partial charge in [0.15, 0.2) is 0 Å². The van der Waals surface area contributed by atoms with Crippen molar-refractivity contribution < 1.29 is 18.0 Å². The molecule has 0 aliphatic heterocycles. The SMILES string of the molecule is CC1CC1C(=O)Nc1nnc(C(F)(F)F)s1. The lowest BCUT2D eigenvalue weighted by atomic mass is 10.3. The molecule has 2 atom stereocenters. The molecule has 4 nitrogen and oxygen atoms in total. The van der Waals surface area contributed by atoms with Crippen LogP contribution < -0.4 is 5.32 Å². The van der Waals surface area contributed by atoms with Gasteiger partial charge in [0.2, 0.25) is 16.0 Å². The first-order valence-corrected chi connectivity index (χ1v) is 5.41. The maximum atomic E-state index is 12.2. The van der Waals surface area contributed by atoms with Crippen molar-refractivity contribution in [3.05, 3.63) is 5.01 Å². The number of carbonyl (C=O) groups excluding carboxylic acids is 1. The van der Waals surface area contributed by atoms with Gasteiger partial charge in [0, 0.05) is 5.92 Å². The monoisotopic (exact) mass is 251 g/mol. The first-order chi connectivity index (χ1) is 7.38. The van der Waals surface area contributed by atoms with E-state index in [1.54, 1.807) is 0 Å². The van der Waals surface area contributed by atoms with Gasteiger partial charge >= 0.3 is 6.18 Å². The van der Waals surface area contributed by atoms with E-state index in [2.05, 4.69) is 15.5 Å². The lowest BCUT2D eigenvalue weighted by Gasteiger charge is -1.99. The van der Waals surface area contributed by atoms with Crippen molar-refractivity contribution >= 4 is 22.4 Å². The highest BCUT2D eigenvalue weighted by Crippen LogP contribution is 2.39. The number of aromatic nitrogens is 2. The van der Waals surface area contributed by atoms with Crippen LogP contribution in [0.2, 0.25) is 0 Å². The number of carbonyl (C=O) groups is 1. The van der Waals surface area contributed by atoms with Crippen molar-refractivity contribution in [1.29, 1.82) is 0 Å². The van der Waals surface area contributed by atoms with E-state index >= 15 is 0 Å². The predicted octanol–water partition coefficient (Wildman–Crippen LogP) is 2.15. The van der Waals surface area contributed by atoms with Crippen molar-refractivity contribution in [2.45, 2.75) is 19.5 Å². The quantitative estimate of drug-likeness (QED) is 0.876. The Morgan fingerprint density at radius 2 is 2.12 bits per heavy atom. The predicted molar refractivity (Wildman–Crippen MR) is 50.8 cm³/mol. The summed E-state index contributed by atoms with van der Waals surface area (Å²) in [7, 11) is 0. The summed E-state index contributed by atoms with van der Waals surface area (Å²) in [5.74, 6) is -0.0781. The zero-order valence-corrected chi connectivity index (χ0v) is 9.02. The number of anilines is 1. The van der Waals surface area contributed by atoms with E-state index in [0.717, 1.165) is 6.42 Å². The summed E-state index contributed by atoms with van der Waals surface area (Å²) in [6.45, 7) is 1.91. The zero-order valence-electron chi connectivity index (χ0n) is 8.21. The number of amides is 1. The van der Waals surface area contributed by atoms with Crippen molar-refractivity contribution in [1.82, 2.24) is 10.2 Å². The molecule has 0 saturated heterocycles. The minimum atomic E-state index is -4.51. The van der Waals surface area contributed by atoms with Crippen LogP contribution in [0.15, 0.2) is 0 Å². The van der Waals surface area contributed by atoms with Crippen LogP contribution >= 0.6 is 11.3 Å². The van der Waals surface area contributed by atoms with Gasteiger partial charge in [-0.3, -0.25) is 4.79 Å². The second-order valence-corrected chi connectivity index (χ2v) is 4.70. The summed E-state index contributed by atoms with van der Waals surface area (Å²) >= 11 is 0.335. The van der Waals surface area contributed by atoms with Gasteiger partial charge < -0.3 is 5.32 Å². The first kappa shape index (κ1) is 11.3. The molecule has 1 heterocycles. The minimum Gasteiger partial charge on any atom is -0.300 e. The molecule has 16 heavy (non-hydrogen) atoms. The smallest absolute Gasteiger partial charge is 0.300 e. The number of halogens is 3.